The number of hydrogen-bond acceptors (Lipinski definition) is 4. The highest BCUT2D eigenvalue weighted by molar-refractivity contribution is 7.59. The molecule has 2 rings (SSSR count). The highest BCUT2D eigenvalue weighted by atomic mass is 31.2. The van der Waals surface area contributed by atoms with Crippen LogP contribution in [0.2, 0.25) is 0 Å². The Bertz CT molecular complexity index is 738. The Hall–Kier alpha value is -1.62. The van der Waals surface area contributed by atoms with E-state index in [2.05, 4.69) is 18.7 Å². The number of nitrogens with zero attached hydrogens (tertiary/aromatic N) is 1. The van der Waals surface area contributed by atoms with Crippen LogP contribution in [0.5, 0.6) is 0 Å². The van der Waals surface area contributed by atoms with E-state index in [-0.39, 0.29) is 5.57 Å². The van der Waals surface area contributed by atoms with Gasteiger partial charge in [0.05, 0.1) is 11.9 Å². The molecule has 1 aliphatic carbocycles. The number of carbonyl (C=O) groups is 1. The van der Waals surface area contributed by atoms with Gasteiger partial charge >= 0.3 is 5.97 Å². The molecule has 0 bridgehead atoms. The van der Waals surface area contributed by atoms with E-state index in [1.807, 2.05) is 24.3 Å². The predicted molar refractivity (Wildman–Crippen MR) is 119 cm³/mol. The number of hydrogen-bond donors (Lipinski definition) is 3. The molecule has 0 heterocycles. The fourth-order valence-corrected chi connectivity index (χ4v) is 5.61. The zero-order valence-corrected chi connectivity index (χ0v) is 18.5. The third-order valence-corrected chi connectivity index (χ3v) is 7.89. The molecule has 1 aliphatic rings. The molecule has 6 nitrogen and oxygen atoms in total. The van der Waals surface area contributed by atoms with Gasteiger partial charge in [-0.3, -0.25) is 4.57 Å². The number of carboxylic acids is 1. The predicted octanol–water partition coefficient (Wildman–Crippen LogP) is 4.53. The summed E-state index contributed by atoms with van der Waals surface area (Å²) in [6.45, 7) is 5.93. The maximum atomic E-state index is 12.8. The maximum Gasteiger partial charge on any atom is 0.332 e. The fraction of sp³-hybridized carbons (Fsp3) is 0.591. The molecule has 0 aromatic heterocycles. The average Bonchev–Trinajstić information content (AvgIpc) is 2.70. The molecule has 1 fully saturated rings. The SMILES string of the molecule is CCN(CC)c1ccc(/C=C(/CP(=O)(O)C(N)CC2CCCCC2)C(=O)O)cc1. The van der Waals surface area contributed by atoms with Gasteiger partial charge in [-0.25, -0.2) is 4.79 Å². The summed E-state index contributed by atoms with van der Waals surface area (Å²) in [6, 6.07) is 7.54. The molecule has 0 aliphatic heterocycles. The summed E-state index contributed by atoms with van der Waals surface area (Å²) in [7, 11) is -3.81. The monoisotopic (exact) mass is 422 g/mol. The molecule has 2 unspecified atom stereocenters. The van der Waals surface area contributed by atoms with E-state index < -0.39 is 25.3 Å². The smallest absolute Gasteiger partial charge is 0.332 e. The van der Waals surface area contributed by atoms with Crippen molar-refractivity contribution < 1.29 is 19.4 Å². The lowest BCUT2D eigenvalue weighted by molar-refractivity contribution is -0.132. The van der Waals surface area contributed by atoms with Gasteiger partial charge in [-0.05, 0) is 50.0 Å². The van der Waals surface area contributed by atoms with E-state index in [0.29, 0.717) is 17.9 Å². The van der Waals surface area contributed by atoms with Crippen LogP contribution in [0.1, 0.15) is 57.9 Å². The quantitative estimate of drug-likeness (QED) is 0.378. The van der Waals surface area contributed by atoms with Crippen LogP contribution in [0.15, 0.2) is 29.8 Å². The molecule has 4 N–H and O–H groups in total. The van der Waals surface area contributed by atoms with E-state index in [0.717, 1.165) is 44.5 Å². The Labute approximate surface area is 174 Å². The van der Waals surface area contributed by atoms with Gasteiger partial charge in [-0.2, -0.15) is 0 Å². The zero-order chi connectivity index (χ0) is 21.4. The molecule has 0 radical (unpaired) electrons. The minimum absolute atomic E-state index is 0.0782. The second kappa shape index (κ2) is 11.0. The average molecular weight is 423 g/mol. The van der Waals surface area contributed by atoms with Crippen LogP contribution in [-0.4, -0.2) is 41.0 Å². The summed E-state index contributed by atoms with van der Waals surface area (Å²) in [5.41, 5.74) is 7.75. The summed E-state index contributed by atoms with van der Waals surface area (Å²) in [5, 5.41) is 9.57. The third kappa shape index (κ3) is 6.98. The van der Waals surface area contributed by atoms with Crippen LogP contribution in [-0.2, 0) is 9.36 Å². The number of carboxylic acid groups (broad SMARTS) is 1. The number of anilines is 1. The van der Waals surface area contributed by atoms with Gasteiger partial charge in [0.2, 0.25) is 7.37 Å². The maximum absolute atomic E-state index is 12.8. The van der Waals surface area contributed by atoms with Crippen LogP contribution >= 0.6 is 7.37 Å². The first-order chi connectivity index (χ1) is 13.8. The Morgan fingerprint density at radius 2 is 1.79 bits per heavy atom. The second-order valence-corrected chi connectivity index (χ2v) is 10.5. The topological polar surface area (TPSA) is 104 Å². The van der Waals surface area contributed by atoms with Crippen molar-refractivity contribution in [1.29, 1.82) is 0 Å². The van der Waals surface area contributed by atoms with Crippen molar-refractivity contribution in [3.8, 4) is 0 Å². The Morgan fingerprint density at radius 1 is 1.21 bits per heavy atom. The molecular weight excluding hydrogens is 387 g/mol. The largest absolute Gasteiger partial charge is 0.478 e. The molecule has 29 heavy (non-hydrogen) atoms. The third-order valence-electron chi connectivity index (χ3n) is 5.85. The van der Waals surface area contributed by atoms with E-state index in [9.17, 15) is 19.4 Å². The molecule has 0 saturated heterocycles. The van der Waals surface area contributed by atoms with E-state index in [1.165, 1.54) is 12.5 Å². The lowest BCUT2D eigenvalue weighted by atomic mass is 9.87. The molecule has 1 aromatic carbocycles. The first-order valence-corrected chi connectivity index (χ1v) is 12.5. The Balaban J connectivity index is 2.11. The highest BCUT2D eigenvalue weighted by Crippen LogP contribution is 2.49. The van der Waals surface area contributed by atoms with E-state index in [1.54, 1.807) is 0 Å². The number of aliphatic carboxylic acids is 1. The van der Waals surface area contributed by atoms with Crippen LogP contribution in [0.4, 0.5) is 5.69 Å². The van der Waals surface area contributed by atoms with Crippen molar-refractivity contribution in [3.63, 3.8) is 0 Å². The van der Waals surface area contributed by atoms with Crippen LogP contribution in [0.3, 0.4) is 0 Å². The standard InChI is InChI=1S/C22H35N2O4P/c1-3-24(4-2)20-12-10-18(11-13-20)14-19(22(25)26)16-29(27,28)21(23)15-17-8-6-5-7-9-17/h10-14,17,21H,3-9,15-16,23H2,1-2H3,(H,25,26)(H,27,28)/b19-14-. The van der Waals surface area contributed by atoms with Gasteiger partial charge in [0.25, 0.3) is 0 Å². The van der Waals surface area contributed by atoms with Crippen LogP contribution in [0.25, 0.3) is 6.08 Å². The summed E-state index contributed by atoms with van der Waals surface area (Å²) in [4.78, 5) is 24.4. The summed E-state index contributed by atoms with van der Waals surface area (Å²) in [5.74, 6) is -1.69. The fourth-order valence-electron chi connectivity index (χ4n) is 4.04. The van der Waals surface area contributed by atoms with E-state index in [4.69, 9.17) is 5.73 Å². The number of rotatable bonds is 10. The lowest BCUT2D eigenvalue weighted by Gasteiger charge is -2.27. The lowest BCUT2D eigenvalue weighted by Crippen LogP contribution is -2.27. The van der Waals surface area contributed by atoms with Crippen LogP contribution in [0, 0.1) is 5.92 Å². The zero-order valence-electron chi connectivity index (χ0n) is 17.6. The van der Waals surface area contributed by atoms with Gasteiger partial charge in [0.15, 0.2) is 0 Å². The second-order valence-electron chi connectivity index (χ2n) is 7.96. The molecule has 7 heteroatoms. The van der Waals surface area contributed by atoms with Gasteiger partial charge in [0.1, 0.15) is 0 Å². The normalized spacial score (nSPS) is 18.8. The molecule has 2 atom stereocenters. The van der Waals surface area contributed by atoms with Gasteiger partial charge in [-0.1, -0.05) is 44.2 Å². The van der Waals surface area contributed by atoms with Gasteiger partial charge < -0.3 is 20.6 Å². The molecule has 0 amide bonds. The van der Waals surface area contributed by atoms with Crippen molar-refractivity contribution in [3.05, 3.63) is 35.4 Å². The van der Waals surface area contributed by atoms with Gasteiger partial charge in [0, 0.05) is 24.4 Å². The first-order valence-electron chi connectivity index (χ1n) is 10.6. The Kier molecular flexibility index (Phi) is 8.94. The number of nitrogens with two attached hydrogens (primary N) is 1. The van der Waals surface area contributed by atoms with Gasteiger partial charge in [-0.15, -0.1) is 0 Å². The van der Waals surface area contributed by atoms with E-state index >= 15 is 0 Å². The summed E-state index contributed by atoms with van der Waals surface area (Å²) in [6.07, 6.45) is 7.11. The molecular formula is C22H35N2O4P. The molecule has 1 saturated carbocycles. The number of benzene rings is 1. The molecule has 0 spiro atoms. The van der Waals surface area contributed by atoms with Crippen molar-refractivity contribution in [2.24, 2.45) is 11.7 Å². The van der Waals surface area contributed by atoms with Crippen molar-refractivity contribution >= 4 is 25.1 Å². The summed E-state index contributed by atoms with van der Waals surface area (Å²) < 4.78 is 12.8. The van der Waals surface area contributed by atoms with Crippen molar-refractivity contribution in [2.45, 2.75) is 58.2 Å². The van der Waals surface area contributed by atoms with Crippen molar-refractivity contribution in [1.82, 2.24) is 0 Å². The minimum Gasteiger partial charge on any atom is -0.478 e. The molecule has 1 aromatic rings. The molecule has 162 valence electrons. The minimum atomic E-state index is -3.81. The summed E-state index contributed by atoms with van der Waals surface area (Å²) >= 11 is 0. The highest BCUT2D eigenvalue weighted by Gasteiger charge is 2.32. The first kappa shape index (κ1) is 23.7. The van der Waals surface area contributed by atoms with Crippen molar-refractivity contribution in [2.75, 3.05) is 24.2 Å². The van der Waals surface area contributed by atoms with Crippen LogP contribution < -0.4 is 10.6 Å². The Morgan fingerprint density at radius 3 is 2.31 bits per heavy atom.